The van der Waals surface area contributed by atoms with Gasteiger partial charge >= 0.3 is 0 Å². The first kappa shape index (κ1) is 16.9. The van der Waals surface area contributed by atoms with Crippen LogP contribution in [0.2, 0.25) is 5.02 Å². The highest BCUT2D eigenvalue weighted by molar-refractivity contribution is 6.30. The van der Waals surface area contributed by atoms with Gasteiger partial charge in [-0.25, -0.2) is 0 Å². The van der Waals surface area contributed by atoms with Crippen LogP contribution >= 0.6 is 11.6 Å². The summed E-state index contributed by atoms with van der Waals surface area (Å²) in [6.07, 6.45) is -0.693. The molecule has 2 N–H and O–H groups in total. The van der Waals surface area contributed by atoms with Crippen molar-refractivity contribution < 1.29 is 19.3 Å². The van der Waals surface area contributed by atoms with Crippen LogP contribution in [0.4, 0.5) is 0 Å². The number of para-hydroxylation sites is 2. The summed E-state index contributed by atoms with van der Waals surface area (Å²) in [4.78, 5) is 0. The van der Waals surface area contributed by atoms with Crippen LogP contribution in [0.1, 0.15) is 0 Å². The molecular weight excluding hydrogens is 330 g/mol. The summed E-state index contributed by atoms with van der Waals surface area (Å²) in [6.45, 7) is 1.70. The highest BCUT2D eigenvalue weighted by Gasteiger charge is 2.20. The lowest BCUT2D eigenvalue weighted by Crippen LogP contribution is -2.41. The molecule has 3 rings (SSSR count). The third-order valence-corrected chi connectivity index (χ3v) is 3.83. The van der Waals surface area contributed by atoms with E-state index in [1.54, 1.807) is 24.3 Å². The number of halogens is 1. The molecule has 0 bridgehead atoms. The number of nitrogens with one attached hydrogen (secondary N) is 1. The first-order valence-electron chi connectivity index (χ1n) is 7.86. The second-order valence-electron chi connectivity index (χ2n) is 5.57. The quantitative estimate of drug-likeness (QED) is 0.804. The van der Waals surface area contributed by atoms with E-state index < -0.39 is 6.10 Å². The van der Waals surface area contributed by atoms with E-state index >= 15 is 0 Å². The van der Waals surface area contributed by atoms with Crippen LogP contribution in [0.5, 0.6) is 17.2 Å². The maximum Gasteiger partial charge on any atom is 0.161 e. The first-order valence-corrected chi connectivity index (χ1v) is 8.24. The molecule has 0 aromatic heterocycles. The highest BCUT2D eigenvalue weighted by atomic mass is 35.5. The van der Waals surface area contributed by atoms with Crippen LogP contribution < -0.4 is 19.5 Å². The van der Waals surface area contributed by atoms with E-state index in [-0.39, 0.29) is 12.7 Å². The van der Waals surface area contributed by atoms with E-state index in [2.05, 4.69) is 5.32 Å². The Balaban J connectivity index is 1.35. The third kappa shape index (κ3) is 4.77. The minimum Gasteiger partial charge on any atom is -0.491 e. The Hall–Kier alpha value is -1.95. The SMILES string of the molecule is O[C@H](CNC[C@@H]1COc2ccccc2O1)COc1ccc(Cl)cc1. The zero-order valence-electron chi connectivity index (χ0n) is 13.2. The molecule has 1 heterocycles. The largest absolute Gasteiger partial charge is 0.491 e. The maximum absolute atomic E-state index is 9.97. The molecule has 2 aromatic carbocycles. The van der Waals surface area contributed by atoms with Gasteiger partial charge in [-0.3, -0.25) is 0 Å². The zero-order valence-corrected chi connectivity index (χ0v) is 13.9. The number of aliphatic hydroxyl groups is 1. The summed E-state index contributed by atoms with van der Waals surface area (Å²) >= 11 is 5.81. The van der Waals surface area contributed by atoms with Crippen LogP contribution in [0, 0.1) is 0 Å². The Kier molecular flexibility index (Phi) is 5.80. The molecule has 1 aliphatic heterocycles. The lowest BCUT2D eigenvalue weighted by atomic mass is 10.2. The lowest BCUT2D eigenvalue weighted by Gasteiger charge is -2.27. The molecule has 6 heteroatoms. The van der Waals surface area contributed by atoms with E-state index in [1.807, 2.05) is 24.3 Å². The topological polar surface area (TPSA) is 60.0 Å². The van der Waals surface area contributed by atoms with E-state index in [1.165, 1.54) is 0 Å². The standard InChI is InChI=1S/C18H20ClNO4/c19-13-5-7-15(8-6-13)22-11-14(21)9-20-10-16-12-23-17-3-1-2-4-18(17)24-16/h1-8,14,16,20-21H,9-12H2/t14-,16-/m1/s1. The lowest BCUT2D eigenvalue weighted by molar-refractivity contribution is 0.0778. The number of ether oxygens (including phenoxy) is 3. The van der Waals surface area contributed by atoms with Gasteiger partial charge < -0.3 is 24.6 Å². The summed E-state index contributed by atoms with van der Waals surface area (Å²) in [5.41, 5.74) is 0. The van der Waals surface area contributed by atoms with Crippen LogP contribution in [-0.4, -0.2) is 43.6 Å². The van der Waals surface area contributed by atoms with Gasteiger partial charge in [-0.15, -0.1) is 0 Å². The molecule has 128 valence electrons. The summed E-state index contributed by atoms with van der Waals surface area (Å²) < 4.78 is 17.0. The molecule has 1 aliphatic rings. The van der Waals surface area contributed by atoms with Crippen molar-refractivity contribution in [2.45, 2.75) is 12.2 Å². The predicted octanol–water partition coefficient (Wildman–Crippen LogP) is 2.51. The van der Waals surface area contributed by atoms with Crippen molar-refractivity contribution in [1.29, 1.82) is 0 Å². The molecule has 2 aromatic rings. The van der Waals surface area contributed by atoms with Crippen LogP contribution in [-0.2, 0) is 0 Å². The molecule has 2 atom stereocenters. The molecule has 0 amide bonds. The van der Waals surface area contributed by atoms with Crippen LogP contribution in [0.25, 0.3) is 0 Å². The van der Waals surface area contributed by atoms with E-state index in [0.29, 0.717) is 30.5 Å². The fourth-order valence-corrected chi connectivity index (χ4v) is 2.48. The summed E-state index contributed by atoms with van der Waals surface area (Å²) in [7, 11) is 0. The number of aliphatic hydroxyl groups excluding tert-OH is 1. The normalized spacial score (nSPS) is 17.3. The third-order valence-electron chi connectivity index (χ3n) is 3.58. The summed E-state index contributed by atoms with van der Waals surface area (Å²) in [5, 5.41) is 13.8. The second-order valence-corrected chi connectivity index (χ2v) is 6.01. The molecular formula is C18H20ClNO4. The van der Waals surface area contributed by atoms with Crippen molar-refractivity contribution in [3.8, 4) is 17.2 Å². The van der Waals surface area contributed by atoms with Crippen molar-refractivity contribution >= 4 is 11.6 Å². The van der Waals surface area contributed by atoms with Gasteiger partial charge in [-0.05, 0) is 36.4 Å². The van der Waals surface area contributed by atoms with Gasteiger partial charge in [0.25, 0.3) is 0 Å². The average molecular weight is 350 g/mol. The Morgan fingerprint density at radius 2 is 1.92 bits per heavy atom. The van der Waals surface area contributed by atoms with Gasteiger partial charge in [-0.2, -0.15) is 0 Å². The molecule has 0 saturated heterocycles. The van der Waals surface area contributed by atoms with Gasteiger partial charge in [-0.1, -0.05) is 23.7 Å². The first-order chi connectivity index (χ1) is 11.7. The summed E-state index contributed by atoms with van der Waals surface area (Å²) in [6, 6.07) is 14.6. The number of fused-ring (bicyclic) bond motifs is 1. The molecule has 24 heavy (non-hydrogen) atoms. The molecule has 0 saturated carbocycles. The minimum absolute atomic E-state index is 0.0794. The van der Waals surface area contributed by atoms with Gasteiger partial charge in [0.1, 0.15) is 31.2 Å². The van der Waals surface area contributed by atoms with Crippen LogP contribution in [0.3, 0.4) is 0 Å². The van der Waals surface area contributed by atoms with Gasteiger partial charge in [0.15, 0.2) is 11.5 Å². The fourth-order valence-electron chi connectivity index (χ4n) is 2.36. The maximum atomic E-state index is 9.97. The Bertz CT molecular complexity index is 650. The second kappa shape index (κ2) is 8.24. The Morgan fingerprint density at radius 1 is 1.17 bits per heavy atom. The number of hydrogen-bond donors (Lipinski definition) is 2. The van der Waals surface area contributed by atoms with Crippen molar-refractivity contribution in [2.24, 2.45) is 0 Å². The van der Waals surface area contributed by atoms with Gasteiger partial charge in [0, 0.05) is 18.1 Å². The number of hydrogen-bond acceptors (Lipinski definition) is 5. The molecule has 0 radical (unpaired) electrons. The molecule has 5 nitrogen and oxygen atoms in total. The fraction of sp³-hybridized carbons (Fsp3) is 0.333. The molecule has 0 spiro atoms. The average Bonchev–Trinajstić information content (AvgIpc) is 2.61. The zero-order chi connectivity index (χ0) is 16.8. The van der Waals surface area contributed by atoms with Crippen molar-refractivity contribution in [3.05, 3.63) is 53.6 Å². The Morgan fingerprint density at radius 3 is 2.71 bits per heavy atom. The van der Waals surface area contributed by atoms with Crippen molar-refractivity contribution in [2.75, 3.05) is 26.3 Å². The number of rotatable bonds is 7. The Labute approximate surface area is 146 Å². The van der Waals surface area contributed by atoms with E-state index in [4.69, 9.17) is 25.8 Å². The smallest absolute Gasteiger partial charge is 0.161 e. The summed E-state index contributed by atoms with van der Waals surface area (Å²) in [5.74, 6) is 2.20. The monoisotopic (exact) mass is 349 g/mol. The van der Waals surface area contributed by atoms with E-state index in [9.17, 15) is 5.11 Å². The predicted molar refractivity (Wildman–Crippen MR) is 92.2 cm³/mol. The van der Waals surface area contributed by atoms with Crippen molar-refractivity contribution in [3.63, 3.8) is 0 Å². The van der Waals surface area contributed by atoms with Gasteiger partial charge in [0.2, 0.25) is 0 Å². The van der Waals surface area contributed by atoms with E-state index in [0.717, 1.165) is 11.5 Å². The number of benzene rings is 2. The molecule has 0 unspecified atom stereocenters. The van der Waals surface area contributed by atoms with Crippen LogP contribution in [0.15, 0.2) is 48.5 Å². The highest BCUT2D eigenvalue weighted by Crippen LogP contribution is 2.30. The van der Waals surface area contributed by atoms with Gasteiger partial charge in [0.05, 0.1) is 0 Å². The molecule has 0 aliphatic carbocycles. The van der Waals surface area contributed by atoms with Crippen molar-refractivity contribution in [1.82, 2.24) is 5.32 Å². The molecule has 0 fully saturated rings. The minimum atomic E-state index is -0.613.